The monoisotopic (exact) mass is 398 g/mol. The molecule has 2 aromatic carbocycles. The van der Waals surface area contributed by atoms with Crippen LogP contribution in [0.15, 0.2) is 24.3 Å². The zero-order valence-corrected chi connectivity index (χ0v) is 17.6. The Labute approximate surface area is 172 Å². The second-order valence-electron chi connectivity index (χ2n) is 7.23. The van der Waals surface area contributed by atoms with Crippen LogP contribution in [0.3, 0.4) is 0 Å². The van der Waals surface area contributed by atoms with Gasteiger partial charge in [0.15, 0.2) is 0 Å². The lowest BCUT2D eigenvalue weighted by atomic mass is 9.94. The molecule has 0 saturated carbocycles. The molecule has 0 fully saturated rings. The number of rotatable bonds is 8. The number of aromatic hydroxyl groups is 2. The summed E-state index contributed by atoms with van der Waals surface area (Å²) in [5.41, 5.74) is 4.78. The van der Waals surface area contributed by atoms with Crippen LogP contribution in [0.1, 0.15) is 61.1 Å². The van der Waals surface area contributed by atoms with Crippen molar-refractivity contribution >= 4 is 11.8 Å². The first-order valence-corrected chi connectivity index (χ1v) is 9.91. The molecule has 0 atom stereocenters. The molecule has 2 aromatic rings. The molecule has 2 rings (SSSR count). The number of amides is 2. The normalized spacial score (nSPS) is 10.6. The van der Waals surface area contributed by atoms with E-state index < -0.39 is 0 Å². The van der Waals surface area contributed by atoms with E-state index in [9.17, 15) is 19.8 Å². The molecule has 0 spiro atoms. The van der Waals surface area contributed by atoms with Gasteiger partial charge in [0.25, 0.3) is 0 Å². The van der Waals surface area contributed by atoms with Crippen molar-refractivity contribution in [2.75, 3.05) is 0 Å². The molecular formula is C23H30N2O4. The zero-order valence-electron chi connectivity index (χ0n) is 17.6. The summed E-state index contributed by atoms with van der Waals surface area (Å²) in [4.78, 5) is 22.5. The molecule has 6 nitrogen and oxygen atoms in total. The fourth-order valence-corrected chi connectivity index (χ4v) is 3.26. The Morgan fingerprint density at radius 3 is 1.38 bits per heavy atom. The molecule has 0 radical (unpaired) electrons. The van der Waals surface area contributed by atoms with E-state index in [2.05, 4.69) is 10.6 Å². The minimum atomic E-state index is -0.163. The number of benzene rings is 2. The first kappa shape index (κ1) is 22.3. The van der Waals surface area contributed by atoms with Crippen molar-refractivity contribution in [3.05, 3.63) is 57.6 Å². The van der Waals surface area contributed by atoms with Crippen molar-refractivity contribution in [2.45, 2.75) is 60.0 Å². The molecule has 156 valence electrons. The van der Waals surface area contributed by atoms with Crippen LogP contribution in [-0.4, -0.2) is 22.0 Å². The maximum atomic E-state index is 11.3. The largest absolute Gasteiger partial charge is 0.507 e. The summed E-state index contributed by atoms with van der Waals surface area (Å²) < 4.78 is 0. The molecule has 2 amide bonds. The van der Waals surface area contributed by atoms with Crippen LogP contribution in [0.5, 0.6) is 11.5 Å². The Morgan fingerprint density at radius 1 is 0.724 bits per heavy atom. The van der Waals surface area contributed by atoms with Crippen molar-refractivity contribution in [1.82, 2.24) is 10.6 Å². The highest BCUT2D eigenvalue weighted by molar-refractivity contribution is 5.73. The van der Waals surface area contributed by atoms with E-state index >= 15 is 0 Å². The van der Waals surface area contributed by atoms with E-state index in [-0.39, 0.29) is 36.4 Å². The van der Waals surface area contributed by atoms with Gasteiger partial charge in [-0.05, 0) is 35.1 Å². The molecule has 0 aliphatic rings. The van der Waals surface area contributed by atoms with Crippen LogP contribution in [-0.2, 0) is 41.9 Å². The summed E-state index contributed by atoms with van der Waals surface area (Å²) in [5.74, 6) is -0.0752. The van der Waals surface area contributed by atoms with Crippen molar-refractivity contribution in [3.63, 3.8) is 0 Å². The second kappa shape index (κ2) is 9.96. The first-order valence-electron chi connectivity index (χ1n) is 9.91. The van der Waals surface area contributed by atoms with Crippen LogP contribution >= 0.6 is 0 Å². The van der Waals surface area contributed by atoms with E-state index in [1.807, 2.05) is 38.1 Å². The fourth-order valence-electron chi connectivity index (χ4n) is 3.26. The minimum absolute atomic E-state index is 0.126. The van der Waals surface area contributed by atoms with E-state index in [4.69, 9.17) is 0 Å². The summed E-state index contributed by atoms with van der Waals surface area (Å²) in [6, 6.07) is 7.63. The summed E-state index contributed by atoms with van der Waals surface area (Å²) in [6.45, 7) is 7.42. The molecule has 0 aromatic heterocycles. The van der Waals surface area contributed by atoms with Gasteiger partial charge < -0.3 is 20.8 Å². The SMILES string of the molecule is CCc1cc(CNC(C)=O)c(O)c(Cc2cc(CC)cc(CNC(C)=O)c2O)c1. The van der Waals surface area contributed by atoms with Crippen LogP contribution < -0.4 is 10.6 Å². The lowest BCUT2D eigenvalue weighted by Crippen LogP contribution is -2.19. The van der Waals surface area contributed by atoms with E-state index in [0.717, 1.165) is 24.0 Å². The Kier molecular flexibility index (Phi) is 7.65. The molecule has 4 N–H and O–H groups in total. The molecule has 0 bridgehead atoms. The van der Waals surface area contributed by atoms with Gasteiger partial charge >= 0.3 is 0 Å². The van der Waals surface area contributed by atoms with Gasteiger partial charge in [-0.15, -0.1) is 0 Å². The maximum Gasteiger partial charge on any atom is 0.217 e. The predicted octanol–water partition coefficient (Wildman–Crippen LogP) is 3.09. The Bertz CT molecular complexity index is 833. The van der Waals surface area contributed by atoms with Crippen molar-refractivity contribution in [2.24, 2.45) is 0 Å². The molecular weight excluding hydrogens is 368 g/mol. The topological polar surface area (TPSA) is 98.7 Å². The summed E-state index contributed by atoms with van der Waals surface area (Å²) >= 11 is 0. The average molecular weight is 399 g/mol. The van der Waals surface area contributed by atoms with Gasteiger partial charge in [-0.25, -0.2) is 0 Å². The highest BCUT2D eigenvalue weighted by Crippen LogP contribution is 2.32. The highest BCUT2D eigenvalue weighted by Gasteiger charge is 2.15. The smallest absolute Gasteiger partial charge is 0.217 e. The molecule has 0 aliphatic carbocycles. The Balaban J connectivity index is 2.43. The molecule has 6 heteroatoms. The number of aryl methyl sites for hydroxylation is 2. The molecule has 0 unspecified atom stereocenters. The number of hydrogen-bond acceptors (Lipinski definition) is 4. The third kappa shape index (κ3) is 5.98. The highest BCUT2D eigenvalue weighted by atomic mass is 16.3. The van der Waals surface area contributed by atoms with E-state index in [1.165, 1.54) is 13.8 Å². The number of hydrogen-bond donors (Lipinski definition) is 4. The Hall–Kier alpha value is -3.02. The van der Waals surface area contributed by atoms with Gasteiger partial charge in [0, 0.05) is 44.5 Å². The van der Waals surface area contributed by atoms with Crippen LogP contribution in [0.4, 0.5) is 0 Å². The molecule has 0 saturated heterocycles. The maximum absolute atomic E-state index is 11.3. The third-order valence-electron chi connectivity index (χ3n) is 4.91. The predicted molar refractivity (Wildman–Crippen MR) is 113 cm³/mol. The quantitative estimate of drug-likeness (QED) is 0.549. The van der Waals surface area contributed by atoms with Crippen LogP contribution in [0, 0.1) is 0 Å². The number of phenols is 2. The standard InChI is InChI=1S/C23H30N2O4/c1-5-16-7-18(22(28)20(9-16)12-24-14(3)26)11-19-8-17(6-2)10-21(23(19)29)13-25-15(4)27/h7-10,28-29H,5-6,11-13H2,1-4H3,(H,24,26)(H,25,27). The fraction of sp³-hybridized carbons (Fsp3) is 0.391. The zero-order chi connectivity index (χ0) is 21.6. The number of carbonyl (C=O) groups is 2. The van der Waals surface area contributed by atoms with Crippen molar-refractivity contribution in [1.29, 1.82) is 0 Å². The van der Waals surface area contributed by atoms with Crippen molar-refractivity contribution in [3.8, 4) is 11.5 Å². The van der Waals surface area contributed by atoms with Crippen LogP contribution in [0.2, 0.25) is 0 Å². The first-order chi connectivity index (χ1) is 13.7. The minimum Gasteiger partial charge on any atom is -0.507 e. The second-order valence-corrected chi connectivity index (χ2v) is 7.23. The average Bonchev–Trinajstić information content (AvgIpc) is 2.68. The van der Waals surface area contributed by atoms with Gasteiger partial charge in [-0.2, -0.15) is 0 Å². The summed E-state index contributed by atoms with van der Waals surface area (Å²) in [7, 11) is 0. The Morgan fingerprint density at radius 2 is 1.07 bits per heavy atom. The van der Waals surface area contributed by atoms with E-state index in [1.54, 1.807) is 0 Å². The number of nitrogens with one attached hydrogen (secondary N) is 2. The summed E-state index contributed by atoms with van der Waals surface area (Å²) in [5, 5.41) is 27.0. The van der Waals surface area contributed by atoms with Gasteiger partial charge in [-0.3, -0.25) is 9.59 Å². The van der Waals surface area contributed by atoms with E-state index in [0.29, 0.717) is 28.7 Å². The third-order valence-corrected chi connectivity index (χ3v) is 4.91. The van der Waals surface area contributed by atoms with Gasteiger partial charge in [0.1, 0.15) is 11.5 Å². The summed E-state index contributed by atoms with van der Waals surface area (Å²) in [6.07, 6.45) is 1.92. The molecule has 29 heavy (non-hydrogen) atoms. The van der Waals surface area contributed by atoms with Gasteiger partial charge in [0.05, 0.1) is 0 Å². The van der Waals surface area contributed by atoms with Crippen LogP contribution in [0.25, 0.3) is 0 Å². The van der Waals surface area contributed by atoms with Gasteiger partial charge in [-0.1, -0.05) is 38.1 Å². The van der Waals surface area contributed by atoms with Crippen molar-refractivity contribution < 1.29 is 19.8 Å². The number of phenolic OH excluding ortho intramolecular Hbond substituents is 2. The number of carbonyl (C=O) groups excluding carboxylic acids is 2. The lowest BCUT2D eigenvalue weighted by molar-refractivity contribution is -0.120. The van der Waals surface area contributed by atoms with Gasteiger partial charge in [0.2, 0.25) is 11.8 Å². The molecule has 0 heterocycles. The lowest BCUT2D eigenvalue weighted by Gasteiger charge is -2.16. The molecule has 0 aliphatic heterocycles.